The van der Waals surface area contributed by atoms with Crippen molar-refractivity contribution in [2.24, 2.45) is 23.7 Å². The lowest BCUT2D eigenvalue weighted by Crippen LogP contribution is -2.28. The fourth-order valence-corrected chi connectivity index (χ4v) is 5.36. The van der Waals surface area contributed by atoms with Gasteiger partial charge in [0.05, 0.1) is 12.7 Å². The van der Waals surface area contributed by atoms with E-state index in [0.717, 1.165) is 51.6 Å². The summed E-state index contributed by atoms with van der Waals surface area (Å²) in [6, 6.07) is 0. The Labute approximate surface area is 240 Å². The van der Waals surface area contributed by atoms with Crippen molar-refractivity contribution in [2.75, 3.05) is 13.2 Å². The van der Waals surface area contributed by atoms with Crippen molar-refractivity contribution in [2.45, 2.75) is 87.4 Å². The summed E-state index contributed by atoms with van der Waals surface area (Å²) in [7, 11) is 0. The van der Waals surface area contributed by atoms with Crippen LogP contribution in [-0.2, 0) is 28.7 Å². The average Bonchev–Trinajstić information content (AvgIpc) is 3.17. The summed E-state index contributed by atoms with van der Waals surface area (Å²) in [5.74, 6) is -3.76. The van der Waals surface area contributed by atoms with Gasteiger partial charge >= 0.3 is 11.9 Å². The molecule has 1 N–H and O–H groups in total. The number of carbonyl (C=O) groups is 4. The normalized spacial score (nSPS) is 25.2. The van der Waals surface area contributed by atoms with Crippen molar-refractivity contribution in [1.29, 1.82) is 0 Å². The van der Waals surface area contributed by atoms with Crippen molar-refractivity contribution in [3.63, 3.8) is 0 Å². The second kappa shape index (κ2) is 16.6. The van der Waals surface area contributed by atoms with E-state index in [2.05, 4.69) is 19.1 Å². The van der Waals surface area contributed by atoms with Crippen molar-refractivity contribution in [1.82, 2.24) is 0 Å². The molecule has 1 saturated carbocycles. The van der Waals surface area contributed by atoms with Crippen LogP contribution >= 0.6 is 34.8 Å². The van der Waals surface area contributed by atoms with E-state index < -0.39 is 21.5 Å². The SMILES string of the molecule is CCCCCC(/C=C/[C@H]1[C@H](COC(=O)C(Cl)(Cl)Cl)CC(=O)[C@@H]1C/C=C\CCC(=O)C(=O)O)C1CCCCO1. The molecule has 0 aromatic heterocycles. The van der Waals surface area contributed by atoms with Gasteiger partial charge in [0, 0.05) is 37.2 Å². The Morgan fingerprint density at radius 3 is 2.58 bits per heavy atom. The van der Waals surface area contributed by atoms with E-state index >= 15 is 0 Å². The third-order valence-corrected chi connectivity index (χ3v) is 7.76. The van der Waals surface area contributed by atoms with E-state index in [-0.39, 0.29) is 61.4 Å². The van der Waals surface area contributed by atoms with Gasteiger partial charge in [-0.05, 0) is 44.4 Å². The number of halogens is 3. The Morgan fingerprint density at radius 1 is 1.18 bits per heavy atom. The molecule has 1 heterocycles. The lowest BCUT2D eigenvalue weighted by atomic mass is 9.84. The van der Waals surface area contributed by atoms with Crippen LogP contribution in [0.25, 0.3) is 0 Å². The van der Waals surface area contributed by atoms with E-state index in [9.17, 15) is 19.2 Å². The maximum Gasteiger partial charge on any atom is 0.372 e. The summed E-state index contributed by atoms with van der Waals surface area (Å²) >= 11 is 16.9. The van der Waals surface area contributed by atoms with E-state index in [0.29, 0.717) is 6.42 Å². The Kier molecular flexibility index (Phi) is 14.4. The smallest absolute Gasteiger partial charge is 0.372 e. The first-order valence-electron chi connectivity index (χ1n) is 13.5. The zero-order valence-electron chi connectivity index (χ0n) is 21.9. The Bertz CT molecular complexity index is 859. The van der Waals surface area contributed by atoms with Gasteiger partial charge in [-0.25, -0.2) is 9.59 Å². The second-order valence-corrected chi connectivity index (χ2v) is 12.4. The third-order valence-electron chi connectivity index (χ3n) is 7.29. The molecule has 1 saturated heterocycles. The monoisotopic (exact) mass is 592 g/mol. The molecule has 1 aliphatic carbocycles. The first-order valence-corrected chi connectivity index (χ1v) is 14.7. The quantitative estimate of drug-likeness (QED) is 0.0767. The van der Waals surface area contributed by atoms with Crippen LogP contribution in [0.3, 0.4) is 0 Å². The number of hydrogen-bond acceptors (Lipinski definition) is 6. The number of esters is 1. The molecule has 0 amide bonds. The van der Waals surface area contributed by atoms with Crippen LogP contribution in [0, 0.1) is 23.7 Å². The minimum absolute atomic E-state index is 0.0404. The molecule has 0 spiro atoms. The van der Waals surface area contributed by atoms with Crippen LogP contribution in [-0.4, -0.2) is 51.7 Å². The first kappa shape index (κ1) is 32.8. The van der Waals surface area contributed by atoms with Gasteiger partial charge in [-0.3, -0.25) is 9.59 Å². The number of hydrogen-bond donors (Lipinski definition) is 1. The van der Waals surface area contributed by atoms with Crippen molar-refractivity contribution >= 4 is 58.3 Å². The topological polar surface area (TPSA) is 107 Å². The van der Waals surface area contributed by atoms with Gasteiger partial charge in [0.1, 0.15) is 5.78 Å². The molecule has 2 unspecified atom stereocenters. The van der Waals surface area contributed by atoms with Crippen LogP contribution in [0.4, 0.5) is 0 Å². The Morgan fingerprint density at radius 2 is 1.95 bits per heavy atom. The summed E-state index contributed by atoms with van der Waals surface area (Å²) in [5.41, 5.74) is 0. The van der Waals surface area contributed by atoms with E-state index in [4.69, 9.17) is 49.4 Å². The number of rotatable bonds is 15. The Hall–Kier alpha value is -1.41. The third kappa shape index (κ3) is 11.0. The highest BCUT2D eigenvalue weighted by molar-refractivity contribution is 6.75. The second-order valence-electron chi connectivity index (χ2n) is 10.1. The number of ether oxygens (including phenoxy) is 2. The molecule has 0 aromatic rings. The van der Waals surface area contributed by atoms with Gasteiger partial charge in [0.25, 0.3) is 3.79 Å². The van der Waals surface area contributed by atoms with Crippen LogP contribution in [0.5, 0.6) is 0 Å². The van der Waals surface area contributed by atoms with Gasteiger partial charge in [0.2, 0.25) is 5.78 Å². The lowest BCUT2D eigenvalue weighted by Gasteiger charge is -2.29. The number of carboxylic acids is 1. The zero-order valence-corrected chi connectivity index (χ0v) is 24.2. The summed E-state index contributed by atoms with van der Waals surface area (Å²) in [5, 5.41) is 8.72. The molecular weight excluding hydrogens is 555 g/mol. The molecule has 0 radical (unpaired) electrons. The van der Waals surface area contributed by atoms with Gasteiger partial charge in [-0.15, -0.1) is 0 Å². The zero-order chi connectivity index (χ0) is 28.1. The number of alkyl halides is 3. The van der Waals surface area contributed by atoms with E-state index in [1.54, 1.807) is 6.08 Å². The number of unbranched alkanes of at least 4 members (excludes halogenated alkanes) is 2. The number of ketones is 2. The van der Waals surface area contributed by atoms with Crippen molar-refractivity contribution in [3.8, 4) is 0 Å². The predicted octanol–water partition coefficient (Wildman–Crippen LogP) is 6.42. The minimum Gasteiger partial charge on any atom is -0.476 e. The fraction of sp³-hybridized carbons (Fsp3) is 0.714. The highest BCUT2D eigenvalue weighted by Crippen LogP contribution is 2.40. The standard InChI is InChI=1S/C28H39Cl3O7/c1-2-3-5-10-19(25-13-8-9-16-37-25)14-15-21-20(18-38-27(36)28(29,30)31)17-24(33)22(21)11-6-4-7-12-23(32)26(34)35/h4,6,14-15,19-22,25H,2-3,5,7-13,16-18H2,1H3,(H,34,35)/b6-4-,15-14+/t19?,20-,21-,22+,25?/m0/s1. The molecule has 214 valence electrons. The summed E-state index contributed by atoms with van der Waals surface area (Å²) in [6.07, 6.45) is 16.4. The highest BCUT2D eigenvalue weighted by Gasteiger charge is 2.42. The molecule has 2 fully saturated rings. The van der Waals surface area contributed by atoms with Crippen molar-refractivity contribution in [3.05, 3.63) is 24.3 Å². The number of carbonyl (C=O) groups excluding carboxylic acids is 3. The lowest BCUT2D eigenvalue weighted by molar-refractivity contribution is -0.149. The van der Waals surface area contributed by atoms with Gasteiger partial charge in [-0.1, -0.05) is 85.3 Å². The van der Waals surface area contributed by atoms with Gasteiger partial charge in [-0.2, -0.15) is 0 Å². The molecule has 0 aromatic carbocycles. The van der Waals surface area contributed by atoms with Crippen LogP contribution < -0.4 is 0 Å². The molecular formula is C28H39Cl3O7. The van der Waals surface area contributed by atoms with Gasteiger partial charge < -0.3 is 14.6 Å². The van der Waals surface area contributed by atoms with Crippen molar-refractivity contribution < 1.29 is 33.8 Å². The summed E-state index contributed by atoms with van der Waals surface area (Å²) in [6.45, 7) is 2.89. The number of carboxylic acid groups (broad SMARTS) is 1. The first-order chi connectivity index (χ1) is 18.0. The molecule has 2 aliphatic rings. The van der Waals surface area contributed by atoms with Crippen LogP contribution in [0.1, 0.15) is 77.6 Å². The Balaban J connectivity index is 2.16. The molecule has 1 aliphatic heterocycles. The predicted molar refractivity (Wildman–Crippen MR) is 147 cm³/mol. The van der Waals surface area contributed by atoms with Gasteiger partial charge in [0.15, 0.2) is 0 Å². The minimum atomic E-state index is -2.19. The fourth-order valence-electron chi connectivity index (χ4n) is 5.20. The molecule has 38 heavy (non-hydrogen) atoms. The highest BCUT2D eigenvalue weighted by atomic mass is 35.6. The molecule has 7 nitrogen and oxygen atoms in total. The van der Waals surface area contributed by atoms with Crippen LogP contribution in [0.15, 0.2) is 24.3 Å². The number of aliphatic carboxylic acids is 1. The molecule has 5 atom stereocenters. The number of allylic oxidation sites excluding steroid dienone is 3. The van der Waals surface area contributed by atoms with E-state index in [1.807, 2.05) is 6.08 Å². The molecule has 10 heteroatoms. The average molecular weight is 594 g/mol. The van der Waals surface area contributed by atoms with E-state index in [1.165, 1.54) is 0 Å². The van der Waals surface area contributed by atoms with Crippen LogP contribution in [0.2, 0.25) is 0 Å². The maximum absolute atomic E-state index is 13.0. The largest absolute Gasteiger partial charge is 0.476 e. The maximum atomic E-state index is 13.0. The number of Topliss-reactive ketones (excluding diaryl/α,β-unsaturated/α-hetero) is 2. The molecule has 0 bridgehead atoms. The molecule has 2 rings (SSSR count). The summed E-state index contributed by atoms with van der Waals surface area (Å²) < 4.78 is 9.16. The summed E-state index contributed by atoms with van der Waals surface area (Å²) in [4.78, 5) is 47.0.